The molecule has 1 aromatic carbocycles. The molecule has 0 radical (unpaired) electrons. The largest absolute Gasteiger partial charge is 0.497 e. The Hall–Kier alpha value is -1.79. The van der Waals surface area contributed by atoms with Gasteiger partial charge in [0.05, 0.1) is 33.9 Å². The van der Waals surface area contributed by atoms with Crippen LogP contribution in [0, 0.1) is 0 Å². The molecule has 0 amide bonds. The highest BCUT2D eigenvalue weighted by Crippen LogP contribution is 2.24. The summed E-state index contributed by atoms with van der Waals surface area (Å²) in [5, 5.41) is 8.99. The number of nitrogens with zero attached hydrogens (tertiary/aromatic N) is 1. The van der Waals surface area contributed by atoms with Gasteiger partial charge in [-0.25, -0.2) is 0 Å². The van der Waals surface area contributed by atoms with E-state index in [-0.39, 0.29) is 12.5 Å². The number of ether oxygens (including phenoxy) is 3. The van der Waals surface area contributed by atoms with Crippen LogP contribution in [-0.2, 0) is 16.1 Å². The Bertz CT molecular complexity index is 469. The summed E-state index contributed by atoms with van der Waals surface area (Å²) in [4.78, 5) is 13.1. The summed E-state index contributed by atoms with van der Waals surface area (Å²) in [6, 6.07) is 5.59. The maximum Gasteiger partial charge on any atom is 0.305 e. The summed E-state index contributed by atoms with van der Waals surface area (Å²) < 4.78 is 15.9. The van der Waals surface area contributed by atoms with Crippen molar-refractivity contribution < 1.29 is 24.1 Å². The van der Waals surface area contributed by atoms with E-state index < -0.39 is 5.97 Å². The average molecular weight is 295 g/mol. The van der Waals surface area contributed by atoms with E-state index >= 15 is 0 Å². The number of morpholine rings is 1. The predicted octanol–water partition coefficient (Wildman–Crippen LogP) is 1.38. The summed E-state index contributed by atoms with van der Waals surface area (Å²) in [7, 11) is 3.22. The number of aliphatic carboxylic acids is 1. The molecule has 1 atom stereocenters. The van der Waals surface area contributed by atoms with Gasteiger partial charge in [-0.15, -0.1) is 0 Å². The second-order valence-corrected chi connectivity index (χ2v) is 5.02. The average Bonchev–Trinajstić information content (AvgIpc) is 2.48. The first-order chi connectivity index (χ1) is 10.1. The van der Waals surface area contributed by atoms with E-state index in [1.165, 1.54) is 0 Å². The lowest BCUT2D eigenvalue weighted by atomic mass is 10.1. The van der Waals surface area contributed by atoms with Crippen molar-refractivity contribution in [1.82, 2.24) is 4.90 Å². The number of benzene rings is 1. The van der Waals surface area contributed by atoms with E-state index in [0.717, 1.165) is 23.6 Å². The smallest absolute Gasteiger partial charge is 0.305 e. The van der Waals surface area contributed by atoms with Gasteiger partial charge in [0.2, 0.25) is 0 Å². The quantitative estimate of drug-likeness (QED) is 0.855. The molecule has 0 aliphatic carbocycles. The summed E-state index contributed by atoms with van der Waals surface area (Å²) in [5.41, 5.74) is 1.03. The first kappa shape index (κ1) is 15.6. The predicted molar refractivity (Wildman–Crippen MR) is 76.8 cm³/mol. The Morgan fingerprint density at radius 1 is 1.33 bits per heavy atom. The molecule has 6 nitrogen and oxygen atoms in total. The molecule has 0 spiro atoms. The van der Waals surface area contributed by atoms with Crippen LogP contribution >= 0.6 is 0 Å². The summed E-state index contributed by atoms with van der Waals surface area (Å²) in [6.07, 6.45) is 0.0844. The molecule has 1 saturated heterocycles. The van der Waals surface area contributed by atoms with Crippen molar-refractivity contribution in [3.63, 3.8) is 0 Å². The lowest BCUT2D eigenvalue weighted by Gasteiger charge is -2.34. The van der Waals surface area contributed by atoms with E-state index in [4.69, 9.17) is 19.3 Å². The maximum absolute atomic E-state index is 10.9. The highest BCUT2D eigenvalue weighted by Gasteiger charge is 2.25. The number of carboxylic acids is 1. The number of methoxy groups -OCH3 is 2. The van der Waals surface area contributed by atoms with Crippen molar-refractivity contribution in [2.24, 2.45) is 0 Å². The van der Waals surface area contributed by atoms with E-state index in [9.17, 15) is 4.79 Å². The van der Waals surface area contributed by atoms with Gasteiger partial charge >= 0.3 is 5.97 Å². The van der Waals surface area contributed by atoms with Gasteiger partial charge in [-0.3, -0.25) is 9.69 Å². The van der Waals surface area contributed by atoms with Crippen LogP contribution < -0.4 is 9.47 Å². The molecule has 1 aliphatic rings. The zero-order valence-corrected chi connectivity index (χ0v) is 12.4. The molecule has 0 bridgehead atoms. The van der Waals surface area contributed by atoms with Crippen LogP contribution in [0.25, 0.3) is 0 Å². The van der Waals surface area contributed by atoms with Crippen LogP contribution in [-0.4, -0.2) is 56.0 Å². The van der Waals surface area contributed by atoms with Crippen LogP contribution in [0.15, 0.2) is 18.2 Å². The van der Waals surface area contributed by atoms with Crippen LogP contribution in [0.2, 0.25) is 0 Å². The minimum Gasteiger partial charge on any atom is -0.497 e. The Morgan fingerprint density at radius 2 is 2.00 bits per heavy atom. The molecule has 1 fully saturated rings. The summed E-state index contributed by atoms with van der Waals surface area (Å²) in [6.45, 7) is 2.44. The molecule has 1 aliphatic heterocycles. The van der Waals surface area contributed by atoms with Gasteiger partial charge in [-0.05, 0) is 17.7 Å². The molecule has 1 N–H and O–H groups in total. The van der Waals surface area contributed by atoms with Gasteiger partial charge in [-0.2, -0.15) is 0 Å². The molecule has 0 aromatic heterocycles. The van der Waals surface area contributed by atoms with Crippen molar-refractivity contribution in [2.75, 3.05) is 34.0 Å². The van der Waals surface area contributed by atoms with Crippen molar-refractivity contribution in [3.05, 3.63) is 23.8 Å². The highest BCUT2D eigenvalue weighted by atomic mass is 16.5. The monoisotopic (exact) mass is 295 g/mol. The van der Waals surface area contributed by atoms with E-state index in [2.05, 4.69) is 4.90 Å². The highest BCUT2D eigenvalue weighted by molar-refractivity contribution is 5.67. The summed E-state index contributed by atoms with van der Waals surface area (Å²) in [5.74, 6) is 0.651. The van der Waals surface area contributed by atoms with Crippen LogP contribution in [0.1, 0.15) is 12.0 Å². The molecule has 1 unspecified atom stereocenters. The Balaban J connectivity index is 2.12. The first-order valence-electron chi connectivity index (χ1n) is 6.88. The Morgan fingerprint density at radius 3 is 2.57 bits per heavy atom. The standard InChI is InChI=1S/C15H21NO5/c1-19-13-5-11(6-14(8-13)20-2)9-16-3-4-21-10-12(16)7-15(17)18/h5-6,8,12H,3-4,7,9-10H2,1-2H3,(H,17,18). The number of rotatable bonds is 6. The van der Waals surface area contributed by atoms with E-state index in [1.807, 2.05) is 18.2 Å². The fourth-order valence-corrected chi connectivity index (χ4v) is 2.48. The lowest BCUT2D eigenvalue weighted by molar-refractivity contribution is -0.140. The summed E-state index contributed by atoms with van der Waals surface area (Å²) >= 11 is 0. The lowest BCUT2D eigenvalue weighted by Crippen LogP contribution is -2.45. The third-order valence-corrected chi connectivity index (χ3v) is 3.56. The minimum atomic E-state index is -0.807. The normalized spacial score (nSPS) is 19.2. The number of hydrogen-bond acceptors (Lipinski definition) is 5. The first-order valence-corrected chi connectivity index (χ1v) is 6.88. The number of carboxylic acid groups (broad SMARTS) is 1. The maximum atomic E-state index is 10.9. The van der Waals surface area contributed by atoms with E-state index in [1.54, 1.807) is 14.2 Å². The molecule has 1 aromatic rings. The molecule has 6 heteroatoms. The molecule has 1 heterocycles. The van der Waals surface area contributed by atoms with Gasteiger partial charge in [0.1, 0.15) is 11.5 Å². The van der Waals surface area contributed by atoms with Crippen LogP contribution in [0.4, 0.5) is 0 Å². The number of hydrogen-bond donors (Lipinski definition) is 1. The third kappa shape index (κ3) is 4.34. The van der Waals surface area contributed by atoms with Crippen LogP contribution in [0.5, 0.6) is 11.5 Å². The zero-order chi connectivity index (χ0) is 15.2. The van der Waals surface area contributed by atoms with Crippen molar-refractivity contribution >= 4 is 5.97 Å². The third-order valence-electron chi connectivity index (χ3n) is 3.56. The van der Waals surface area contributed by atoms with Gasteiger partial charge < -0.3 is 19.3 Å². The van der Waals surface area contributed by atoms with Gasteiger partial charge in [0.25, 0.3) is 0 Å². The molecule has 0 saturated carbocycles. The van der Waals surface area contributed by atoms with E-state index in [0.29, 0.717) is 19.8 Å². The molecular formula is C15H21NO5. The topological polar surface area (TPSA) is 68.2 Å². The van der Waals surface area contributed by atoms with Gasteiger partial charge in [-0.1, -0.05) is 0 Å². The second-order valence-electron chi connectivity index (χ2n) is 5.02. The Kier molecular flexibility index (Phi) is 5.41. The van der Waals surface area contributed by atoms with Crippen molar-refractivity contribution in [3.8, 4) is 11.5 Å². The number of carbonyl (C=O) groups is 1. The molecule has 116 valence electrons. The van der Waals surface area contributed by atoms with Crippen LogP contribution in [0.3, 0.4) is 0 Å². The molecule has 2 rings (SSSR count). The fourth-order valence-electron chi connectivity index (χ4n) is 2.48. The Labute approximate surface area is 124 Å². The van der Waals surface area contributed by atoms with Gasteiger partial charge in [0, 0.05) is 25.2 Å². The fraction of sp³-hybridized carbons (Fsp3) is 0.533. The second kappa shape index (κ2) is 7.28. The molecule has 21 heavy (non-hydrogen) atoms. The zero-order valence-electron chi connectivity index (χ0n) is 12.4. The minimum absolute atomic E-state index is 0.0844. The van der Waals surface area contributed by atoms with Gasteiger partial charge in [0.15, 0.2) is 0 Å². The van der Waals surface area contributed by atoms with Crippen molar-refractivity contribution in [2.45, 2.75) is 19.0 Å². The van der Waals surface area contributed by atoms with Crippen molar-refractivity contribution in [1.29, 1.82) is 0 Å². The molecular weight excluding hydrogens is 274 g/mol. The SMILES string of the molecule is COc1cc(CN2CCOCC2CC(=O)O)cc(OC)c1.